The van der Waals surface area contributed by atoms with Gasteiger partial charge in [-0.2, -0.15) is 5.26 Å². The third-order valence-corrected chi connectivity index (χ3v) is 5.84. The summed E-state index contributed by atoms with van der Waals surface area (Å²) in [5.41, 5.74) is 1.28. The molecule has 0 fully saturated rings. The van der Waals surface area contributed by atoms with Gasteiger partial charge in [-0.05, 0) is 36.6 Å². The van der Waals surface area contributed by atoms with Crippen molar-refractivity contribution in [2.45, 2.75) is 26.1 Å². The smallest absolute Gasteiger partial charge is 0.271 e. The number of benzene rings is 1. The first kappa shape index (κ1) is 18.9. The number of carbonyl (C=O) groups is 2. The van der Waals surface area contributed by atoms with Crippen molar-refractivity contribution in [3.05, 3.63) is 75.5 Å². The Morgan fingerprint density at radius 1 is 1.31 bits per heavy atom. The van der Waals surface area contributed by atoms with Crippen LogP contribution >= 0.6 is 11.3 Å². The van der Waals surface area contributed by atoms with Gasteiger partial charge in [0.1, 0.15) is 11.5 Å². The number of fused-ring (bicyclic) bond motifs is 1. The number of nitrogens with zero attached hydrogens (tertiary/aromatic N) is 4. The van der Waals surface area contributed by atoms with E-state index in [1.54, 1.807) is 46.7 Å². The van der Waals surface area contributed by atoms with Gasteiger partial charge in [-0.1, -0.05) is 12.1 Å². The molecule has 0 saturated heterocycles. The monoisotopic (exact) mass is 405 g/mol. The zero-order valence-corrected chi connectivity index (χ0v) is 16.6. The van der Waals surface area contributed by atoms with Gasteiger partial charge in [0.15, 0.2) is 0 Å². The second-order valence-corrected chi connectivity index (χ2v) is 7.84. The van der Waals surface area contributed by atoms with Gasteiger partial charge in [0, 0.05) is 29.7 Å². The molecular weight excluding hydrogens is 386 g/mol. The lowest BCUT2D eigenvalue weighted by molar-refractivity contribution is 0.0638. The molecule has 7 nitrogen and oxygen atoms in total. The first-order valence-electron chi connectivity index (χ1n) is 9.25. The molecule has 1 atom stereocenters. The van der Waals surface area contributed by atoms with E-state index >= 15 is 0 Å². The Balaban J connectivity index is 1.50. The van der Waals surface area contributed by atoms with Crippen molar-refractivity contribution in [2.24, 2.45) is 0 Å². The fourth-order valence-corrected chi connectivity index (χ4v) is 4.08. The molecule has 3 heterocycles. The van der Waals surface area contributed by atoms with Crippen molar-refractivity contribution in [3.63, 3.8) is 0 Å². The molecule has 0 unspecified atom stereocenters. The molecule has 1 aliphatic rings. The van der Waals surface area contributed by atoms with Crippen LogP contribution in [0.3, 0.4) is 0 Å². The zero-order valence-electron chi connectivity index (χ0n) is 15.8. The highest BCUT2D eigenvalue weighted by Gasteiger charge is 2.31. The molecule has 146 valence electrons. The Morgan fingerprint density at radius 2 is 2.17 bits per heavy atom. The average molecular weight is 405 g/mol. The van der Waals surface area contributed by atoms with E-state index in [0.29, 0.717) is 42.3 Å². The van der Waals surface area contributed by atoms with Crippen LogP contribution in [0.1, 0.15) is 50.1 Å². The molecule has 1 aromatic carbocycles. The first-order chi connectivity index (χ1) is 14.1. The fourth-order valence-electron chi connectivity index (χ4n) is 3.44. The van der Waals surface area contributed by atoms with Crippen LogP contribution in [0.2, 0.25) is 0 Å². The summed E-state index contributed by atoms with van der Waals surface area (Å²) in [6, 6.07) is 12.4. The molecule has 3 aromatic rings. The van der Waals surface area contributed by atoms with Crippen molar-refractivity contribution >= 4 is 23.2 Å². The Bertz CT molecular complexity index is 1100. The number of aromatic nitrogens is 2. The first-order valence-corrected chi connectivity index (χ1v) is 10.1. The van der Waals surface area contributed by atoms with E-state index in [2.05, 4.69) is 16.4 Å². The Labute approximate surface area is 172 Å². The molecule has 0 bridgehead atoms. The third kappa shape index (κ3) is 3.77. The SMILES string of the molecule is C[C@@H]1c2nc(C(=O)NCc3cccs3)cn2CCN1C(=O)c1cccc(C#N)c1. The van der Waals surface area contributed by atoms with Gasteiger partial charge in [0.05, 0.1) is 24.2 Å². The Hall–Kier alpha value is -3.44. The number of imidazole rings is 1. The van der Waals surface area contributed by atoms with E-state index in [9.17, 15) is 9.59 Å². The lowest BCUT2D eigenvalue weighted by atomic mass is 10.1. The number of hydrogen-bond acceptors (Lipinski definition) is 5. The van der Waals surface area contributed by atoms with Crippen LogP contribution in [0.4, 0.5) is 0 Å². The zero-order chi connectivity index (χ0) is 20.4. The highest BCUT2D eigenvalue weighted by molar-refractivity contribution is 7.09. The maximum Gasteiger partial charge on any atom is 0.271 e. The van der Waals surface area contributed by atoms with Crippen LogP contribution in [0.25, 0.3) is 0 Å². The molecule has 0 spiro atoms. The number of hydrogen-bond donors (Lipinski definition) is 1. The quantitative estimate of drug-likeness (QED) is 0.722. The normalized spacial score (nSPS) is 15.4. The second kappa shape index (κ2) is 7.89. The number of thiophene rings is 1. The maximum atomic E-state index is 13.0. The van der Waals surface area contributed by atoms with E-state index in [-0.39, 0.29) is 17.9 Å². The summed E-state index contributed by atoms with van der Waals surface area (Å²) >= 11 is 1.59. The highest BCUT2D eigenvalue weighted by atomic mass is 32.1. The van der Waals surface area contributed by atoms with Crippen molar-refractivity contribution < 1.29 is 9.59 Å². The minimum absolute atomic E-state index is 0.146. The van der Waals surface area contributed by atoms with Crippen LogP contribution in [0.5, 0.6) is 0 Å². The number of amides is 2. The summed E-state index contributed by atoms with van der Waals surface area (Å²) in [5.74, 6) is 0.307. The molecule has 0 radical (unpaired) electrons. The molecule has 2 amide bonds. The third-order valence-electron chi connectivity index (χ3n) is 4.97. The van der Waals surface area contributed by atoms with E-state index in [1.807, 2.05) is 29.0 Å². The van der Waals surface area contributed by atoms with Gasteiger partial charge < -0.3 is 14.8 Å². The van der Waals surface area contributed by atoms with Gasteiger partial charge >= 0.3 is 0 Å². The average Bonchev–Trinajstić information content (AvgIpc) is 3.42. The fraction of sp³-hybridized carbons (Fsp3) is 0.238. The Morgan fingerprint density at radius 3 is 2.93 bits per heavy atom. The second-order valence-electron chi connectivity index (χ2n) is 6.81. The highest BCUT2D eigenvalue weighted by Crippen LogP contribution is 2.26. The van der Waals surface area contributed by atoms with Crippen LogP contribution in [-0.2, 0) is 13.1 Å². The number of nitrogens with one attached hydrogen (secondary N) is 1. The van der Waals surface area contributed by atoms with Gasteiger partial charge in [-0.15, -0.1) is 11.3 Å². The molecule has 4 rings (SSSR count). The van der Waals surface area contributed by atoms with E-state index in [1.165, 1.54) is 0 Å². The summed E-state index contributed by atoms with van der Waals surface area (Å²) in [4.78, 5) is 32.7. The minimum Gasteiger partial charge on any atom is -0.346 e. The molecule has 1 aliphatic heterocycles. The van der Waals surface area contributed by atoms with E-state index < -0.39 is 0 Å². The standard InChI is InChI=1S/C21H19N5O2S/c1-14-19-24-18(20(27)23-12-17-6-3-9-29-17)13-25(19)7-8-26(14)21(28)16-5-2-4-15(10-16)11-22/h2-6,9-10,13-14H,7-8,12H2,1H3,(H,23,27)/t14-/m1/s1. The summed E-state index contributed by atoms with van der Waals surface area (Å²) in [7, 11) is 0. The van der Waals surface area contributed by atoms with Crippen LogP contribution in [0.15, 0.2) is 48.0 Å². The summed E-state index contributed by atoms with van der Waals surface area (Å²) in [5, 5.41) is 13.9. The molecule has 8 heteroatoms. The van der Waals surface area contributed by atoms with E-state index in [0.717, 1.165) is 4.88 Å². The van der Waals surface area contributed by atoms with Gasteiger partial charge in [-0.25, -0.2) is 4.98 Å². The van der Waals surface area contributed by atoms with Crippen LogP contribution < -0.4 is 5.32 Å². The summed E-state index contributed by atoms with van der Waals surface area (Å²) < 4.78 is 1.93. The maximum absolute atomic E-state index is 13.0. The van der Waals surface area contributed by atoms with Crippen LogP contribution in [0, 0.1) is 11.3 Å². The van der Waals surface area contributed by atoms with Crippen molar-refractivity contribution in [2.75, 3.05) is 6.54 Å². The number of carbonyl (C=O) groups excluding carboxylic acids is 2. The van der Waals surface area contributed by atoms with Crippen molar-refractivity contribution in [1.29, 1.82) is 5.26 Å². The molecule has 29 heavy (non-hydrogen) atoms. The summed E-state index contributed by atoms with van der Waals surface area (Å²) in [6.45, 7) is 3.44. The van der Waals surface area contributed by atoms with Gasteiger partial charge in [0.25, 0.3) is 11.8 Å². The predicted octanol–water partition coefficient (Wildman–Crippen LogP) is 2.96. The molecule has 0 saturated carbocycles. The number of rotatable bonds is 4. The van der Waals surface area contributed by atoms with Crippen molar-refractivity contribution in [1.82, 2.24) is 19.8 Å². The number of nitriles is 1. The largest absolute Gasteiger partial charge is 0.346 e. The van der Waals surface area contributed by atoms with Gasteiger partial charge in [-0.3, -0.25) is 9.59 Å². The van der Waals surface area contributed by atoms with E-state index in [4.69, 9.17) is 5.26 Å². The minimum atomic E-state index is -0.277. The van der Waals surface area contributed by atoms with Crippen LogP contribution in [-0.4, -0.2) is 32.8 Å². The molecule has 0 aliphatic carbocycles. The summed E-state index contributed by atoms with van der Waals surface area (Å²) in [6.07, 6.45) is 1.74. The molecule has 1 N–H and O–H groups in total. The van der Waals surface area contributed by atoms with Gasteiger partial charge in [0.2, 0.25) is 0 Å². The Kier molecular flexibility index (Phi) is 5.14. The lowest BCUT2D eigenvalue weighted by Crippen LogP contribution is -2.41. The topological polar surface area (TPSA) is 91.0 Å². The van der Waals surface area contributed by atoms with Crippen molar-refractivity contribution in [3.8, 4) is 6.07 Å². The predicted molar refractivity (Wildman–Crippen MR) is 108 cm³/mol. The lowest BCUT2D eigenvalue weighted by Gasteiger charge is -2.33. The molecule has 2 aromatic heterocycles. The molecular formula is C21H19N5O2S.